The van der Waals surface area contributed by atoms with E-state index in [2.05, 4.69) is 4.98 Å². The summed E-state index contributed by atoms with van der Waals surface area (Å²) in [4.78, 5) is 19.5. The topological polar surface area (TPSA) is 72.3 Å². The predicted octanol–water partition coefficient (Wildman–Crippen LogP) is 4.43. The van der Waals surface area contributed by atoms with Gasteiger partial charge in [-0.3, -0.25) is 4.79 Å². The standard InChI is InChI=1S/C24H33N3O3S/c1-17(2)27-22(15-26(21-12-13-21)23(28)20-6-4-5-7-20)14-25-24(27)31(29,30)16-19-10-8-18(3)9-11-19/h8-11,14,17,20-21H,4-7,12-13,15-16H2,1-3H3. The maximum absolute atomic E-state index is 13.2. The quantitative estimate of drug-likeness (QED) is 0.605. The van der Waals surface area contributed by atoms with Crippen molar-refractivity contribution in [1.82, 2.24) is 14.5 Å². The zero-order valence-corrected chi connectivity index (χ0v) is 19.6. The van der Waals surface area contributed by atoms with Gasteiger partial charge in [-0.05, 0) is 52.0 Å². The molecule has 2 aliphatic carbocycles. The van der Waals surface area contributed by atoms with Gasteiger partial charge in [-0.15, -0.1) is 0 Å². The SMILES string of the molecule is Cc1ccc(CS(=O)(=O)c2ncc(CN(C(=O)C3CCCC3)C3CC3)n2C(C)C)cc1. The van der Waals surface area contributed by atoms with Crippen molar-refractivity contribution in [3.05, 3.63) is 47.3 Å². The molecule has 6 nitrogen and oxygen atoms in total. The number of hydrogen-bond acceptors (Lipinski definition) is 4. The van der Waals surface area contributed by atoms with E-state index in [4.69, 9.17) is 0 Å². The Morgan fingerprint density at radius 3 is 2.35 bits per heavy atom. The Balaban J connectivity index is 1.60. The van der Waals surface area contributed by atoms with Crippen LogP contribution in [0.5, 0.6) is 0 Å². The van der Waals surface area contributed by atoms with Crippen LogP contribution < -0.4 is 0 Å². The van der Waals surface area contributed by atoms with Crippen molar-refractivity contribution in [2.45, 2.75) is 88.8 Å². The molecule has 4 rings (SSSR count). The van der Waals surface area contributed by atoms with Gasteiger partial charge in [0.1, 0.15) is 0 Å². The molecule has 0 bridgehead atoms. The Morgan fingerprint density at radius 1 is 1.13 bits per heavy atom. The molecule has 0 unspecified atom stereocenters. The third kappa shape index (κ3) is 4.86. The molecular formula is C24H33N3O3S. The summed E-state index contributed by atoms with van der Waals surface area (Å²) in [7, 11) is -3.61. The molecule has 168 valence electrons. The lowest BCUT2D eigenvalue weighted by molar-refractivity contribution is -0.136. The van der Waals surface area contributed by atoms with Crippen LogP contribution in [0.1, 0.15) is 75.2 Å². The van der Waals surface area contributed by atoms with Gasteiger partial charge in [0.15, 0.2) is 0 Å². The minimum absolute atomic E-state index is 0.0667. The summed E-state index contributed by atoms with van der Waals surface area (Å²) >= 11 is 0. The highest BCUT2D eigenvalue weighted by atomic mass is 32.2. The Bertz CT molecular complexity index is 1030. The molecule has 2 aromatic rings. The van der Waals surface area contributed by atoms with Crippen LogP contribution >= 0.6 is 0 Å². The average Bonchev–Trinajstić information content (AvgIpc) is 3.23. The molecule has 2 aliphatic rings. The summed E-state index contributed by atoms with van der Waals surface area (Å²) in [5, 5.41) is 0.0992. The molecule has 31 heavy (non-hydrogen) atoms. The van der Waals surface area contributed by atoms with Crippen LogP contribution in [0.15, 0.2) is 35.6 Å². The van der Waals surface area contributed by atoms with Gasteiger partial charge in [0.25, 0.3) is 0 Å². The number of rotatable bonds is 8. The number of carbonyl (C=O) groups excluding carboxylic acids is 1. The number of amides is 1. The smallest absolute Gasteiger partial charge is 0.228 e. The maximum atomic E-state index is 13.2. The lowest BCUT2D eigenvalue weighted by Crippen LogP contribution is -2.37. The van der Waals surface area contributed by atoms with Crippen molar-refractivity contribution in [2.24, 2.45) is 5.92 Å². The van der Waals surface area contributed by atoms with E-state index in [0.717, 1.165) is 55.3 Å². The molecular weight excluding hydrogens is 410 g/mol. The van der Waals surface area contributed by atoms with Crippen LogP contribution in [0.3, 0.4) is 0 Å². The van der Waals surface area contributed by atoms with Gasteiger partial charge in [-0.25, -0.2) is 13.4 Å². The van der Waals surface area contributed by atoms with Crippen molar-refractivity contribution < 1.29 is 13.2 Å². The number of nitrogens with zero attached hydrogens (tertiary/aromatic N) is 3. The molecule has 0 saturated heterocycles. The summed E-state index contributed by atoms with van der Waals surface area (Å²) in [5.74, 6) is 0.283. The Labute approximate surface area is 185 Å². The Kier molecular flexibility index (Phi) is 6.24. The molecule has 1 aromatic heterocycles. The second-order valence-corrected chi connectivity index (χ2v) is 11.3. The molecule has 1 aromatic carbocycles. The summed E-state index contributed by atoms with van der Waals surface area (Å²) in [6.45, 7) is 6.35. The highest BCUT2D eigenvalue weighted by molar-refractivity contribution is 7.90. The van der Waals surface area contributed by atoms with Crippen LogP contribution in [0.2, 0.25) is 0 Å². The van der Waals surface area contributed by atoms with E-state index in [1.54, 1.807) is 10.8 Å². The number of aryl methyl sites for hydroxylation is 1. The van der Waals surface area contributed by atoms with Crippen molar-refractivity contribution in [2.75, 3.05) is 0 Å². The Morgan fingerprint density at radius 2 is 1.77 bits per heavy atom. The zero-order chi connectivity index (χ0) is 22.2. The van der Waals surface area contributed by atoms with Crippen LogP contribution in [0.25, 0.3) is 0 Å². The van der Waals surface area contributed by atoms with Crippen molar-refractivity contribution in [3.63, 3.8) is 0 Å². The highest BCUT2D eigenvalue weighted by Gasteiger charge is 2.38. The molecule has 0 atom stereocenters. The second-order valence-electron chi connectivity index (χ2n) is 9.42. The largest absolute Gasteiger partial charge is 0.334 e. The fraction of sp³-hybridized carbons (Fsp3) is 0.583. The maximum Gasteiger partial charge on any atom is 0.228 e. The summed E-state index contributed by atoms with van der Waals surface area (Å²) < 4.78 is 28.3. The van der Waals surface area contributed by atoms with E-state index >= 15 is 0 Å². The first-order valence-corrected chi connectivity index (χ1v) is 13.1. The third-order valence-corrected chi connectivity index (χ3v) is 7.99. The number of sulfone groups is 1. The van der Waals surface area contributed by atoms with Crippen molar-refractivity contribution >= 4 is 15.7 Å². The van der Waals surface area contributed by atoms with Gasteiger partial charge in [-0.2, -0.15) is 0 Å². The van der Waals surface area contributed by atoms with Crippen LogP contribution in [0, 0.1) is 12.8 Å². The molecule has 1 heterocycles. The van der Waals surface area contributed by atoms with E-state index in [9.17, 15) is 13.2 Å². The third-order valence-electron chi connectivity index (χ3n) is 6.42. The zero-order valence-electron chi connectivity index (χ0n) is 18.8. The fourth-order valence-corrected chi connectivity index (χ4v) is 6.20. The van der Waals surface area contributed by atoms with E-state index in [-0.39, 0.29) is 34.8 Å². The predicted molar refractivity (Wildman–Crippen MR) is 120 cm³/mol. The number of imidazole rings is 1. The van der Waals surface area contributed by atoms with Gasteiger partial charge in [-0.1, -0.05) is 42.7 Å². The highest BCUT2D eigenvalue weighted by Crippen LogP contribution is 2.34. The lowest BCUT2D eigenvalue weighted by Gasteiger charge is -2.27. The van der Waals surface area contributed by atoms with E-state index < -0.39 is 9.84 Å². The van der Waals surface area contributed by atoms with Gasteiger partial charge in [0.05, 0.1) is 24.2 Å². The van der Waals surface area contributed by atoms with Crippen LogP contribution in [0.4, 0.5) is 0 Å². The first-order chi connectivity index (χ1) is 14.8. The first kappa shape index (κ1) is 22.1. The molecule has 1 amide bonds. The monoisotopic (exact) mass is 443 g/mol. The lowest BCUT2D eigenvalue weighted by atomic mass is 10.1. The van der Waals surface area contributed by atoms with Crippen molar-refractivity contribution in [1.29, 1.82) is 0 Å². The van der Waals surface area contributed by atoms with Crippen molar-refractivity contribution in [3.8, 4) is 0 Å². The van der Waals surface area contributed by atoms with E-state index in [1.807, 2.05) is 49.9 Å². The molecule has 0 radical (unpaired) electrons. The molecule has 2 fully saturated rings. The molecule has 0 N–H and O–H groups in total. The summed E-state index contributed by atoms with van der Waals surface area (Å²) in [6.07, 6.45) is 7.92. The molecule has 2 saturated carbocycles. The minimum Gasteiger partial charge on any atom is -0.334 e. The van der Waals surface area contributed by atoms with Gasteiger partial charge < -0.3 is 9.47 Å². The van der Waals surface area contributed by atoms with Crippen LogP contribution in [-0.4, -0.2) is 34.8 Å². The number of carbonyl (C=O) groups is 1. The average molecular weight is 444 g/mol. The second kappa shape index (κ2) is 8.77. The van der Waals surface area contributed by atoms with Gasteiger partial charge in [0, 0.05) is 18.0 Å². The normalized spacial score (nSPS) is 17.4. The van der Waals surface area contributed by atoms with Gasteiger partial charge >= 0.3 is 0 Å². The number of benzene rings is 1. The summed E-state index contributed by atoms with van der Waals surface area (Å²) in [6, 6.07) is 7.77. The first-order valence-electron chi connectivity index (χ1n) is 11.4. The number of hydrogen-bond donors (Lipinski definition) is 0. The Hall–Kier alpha value is -2.15. The molecule has 7 heteroatoms. The molecule has 0 spiro atoms. The van der Waals surface area contributed by atoms with Crippen LogP contribution in [-0.2, 0) is 26.9 Å². The molecule has 0 aliphatic heterocycles. The minimum atomic E-state index is -3.61. The fourth-order valence-electron chi connectivity index (χ4n) is 4.60. The van der Waals surface area contributed by atoms with Gasteiger partial charge in [0.2, 0.25) is 20.9 Å². The summed E-state index contributed by atoms with van der Waals surface area (Å²) in [5.41, 5.74) is 2.65. The number of aromatic nitrogens is 2. The van der Waals surface area contributed by atoms with E-state index in [0.29, 0.717) is 6.54 Å². The van der Waals surface area contributed by atoms with E-state index in [1.165, 1.54) is 0 Å².